The molecule has 0 bridgehead atoms. The number of hydrogen-bond acceptors (Lipinski definition) is 3. The molecule has 4 heteroatoms. The molecule has 1 aliphatic heterocycles. The second kappa shape index (κ2) is 8.79. The minimum absolute atomic E-state index is 0.0591. The number of rotatable bonds is 9. The van der Waals surface area contributed by atoms with E-state index in [2.05, 4.69) is 102 Å². The number of aliphatic hydroxyl groups is 1. The van der Waals surface area contributed by atoms with E-state index in [0.717, 1.165) is 18.4 Å². The molecule has 0 spiro atoms. The zero-order valence-corrected chi connectivity index (χ0v) is 20.0. The van der Waals surface area contributed by atoms with Crippen molar-refractivity contribution in [2.45, 2.75) is 70.3 Å². The fraction of sp³-hybridized carbons (Fsp3) is 0.462. The molecule has 30 heavy (non-hydrogen) atoms. The van der Waals surface area contributed by atoms with Crippen LogP contribution in [0.1, 0.15) is 47.5 Å². The molecule has 0 saturated carbocycles. The highest BCUT2D eigenvalue weighted by atomic mass is 28.4. The molecular formula is C26H36O3Si. The van der Waals surface area contributed by atoms with Gasteiger partial charge in [0.2, 0.25) is 0 Å². The predicted molar refractivity (Wildman–Crippen MR) is 127 cm³/mol. The minimum atomic E-state index is -2.63. The summed E-state index contributed by atoms with van der Waals surface area (Å²) in [6, 6.07) is 21.4. The van der Waals surface area contributed by atoms with E-state index >= 15 is 0 Å². The zero-order valence-electron chi connectivity index (χ0n) is 19.0. The van der Waals surface area contributed by atoms with Crippen LogP contribution in [0.5, 0.6) is 0 Å². The fourth-order valence-electron chi connectivity index (χ4n) is 4.47. The summed E-state index contributed by atoms with van der Waals surface area (Å²) in [6.45, 7) is 15.4. The highest BCUT2D eigenvalue weighted by Gasteiger charge is 2.54. The van der Waals surface area contributed by atoms with Crippen molar-refractivity contribution in [3.63, 3.8) is 0 Å². The number of benzene rings is 2. The van der Waals surface area contributed by atoms with Gasteiger partial charge in [0.1, 0.15) is 6.10 Å². The highest BCUT2D eigenvalue weighted by molar-refractivity contribution is 6.99. The second-order valence-electron chi connectivity index (χ2n) is 9.76. The van der Waals surface area contributed by atoms with Gasteiger partial charge in [-0.1, -0.05) is 93.6 Å². The Morgan fingerprint density at radius 2 is 1.60 bits per heavy atom. The maximum atomic E-state index is 9.44. The van der Waals surface area contributed by atoms with Gasteiger partial charge in [-0.15, -0.1) is 0 Å². The molecule has 2 aromatic rings. The number of hydrogen-bond donors (Lipinski definition) is 1. The van der Waals surface area contributed by atoms with Gasteiger partial charge in [0.05, 0.1) is 18.3 Å². The van der Waals surface area contributed by atoms with E-state index in [0.29, 0.717) is 0 Å². The minimum Gasteiger partial charge on any atom is -0.401 e. The topological polar surface area (TPSA) is 42.0 Å². The van der Waals surface area contributed by atoms with Crippen LogP contribution in [-0.2, 0) is 9.16 Å². The Labute approximate surface area is 182 Å². The van der Waals surface area contributed by atoms with Crippen LogP contribution in [-0.4, -0.2) is 37.8 Å². The second-order valence-corrected chi connectivity index (χ2v) is 14.0. The van der Waals surface area contributed by atoms with Crippen LogP contribution < -0.4 is 10.4 Å². The summed E-state index contributed by atoms with van der Waals surface area (Å²) in [5, 5.41) is 11.9. The van der Waals surface area contributed by atoms with Gasteiger partial charge in [0, 0.05) is 0 Å². The molecule has 3 atom stereocenters. The van der Waals surface area contributed by atoms with Gasteiger partial charge < -0.3 is 14.3 Å². The van der Waals surface area contributed by atoms with E-state index in [-0.39, 0.29) is 29.5 Å². The lowest BCUT2D eigenvalue weighted by Gasteiger charge is -2.45. The first-order valence-corrected chi connectivity index (χ1v) is 12.8. The average molecular weight is 425 g/mol. The zero-order chi connectivity index (χ0) is 22.0. The van der Waals surface area contributed by atoms with Crippen LogP contribution in [0.25, 0.3) is 0 Å². The summed E-state index contributed by atoms with van der Waals surface area (Å²) in [6.07, 6.45) is 1.54. The lowest BCUT2D eigenvalue weighted by Crippen LogP contribution is -2.67. The van der Waals surface area contributed by atoms with Crippen molar-refractivity contribution in [1.29, 1.82) is 0 Å². The van der Waals surface area contributed by atoms with Crippen molar-refractivity contribution in [2.24, 2.45) is 0 Å². The average Bonchev–Trinajstić information content (AvgIpc) is 3.39. The molecule has 1 aliphatic rings. The van der Waals surface area contributed by atoms with Gasteiger partial charge in [-0.3, -0.25) is 0 Å². The molecule has 1 fully saturated rings. The molecule has 1 N–H and O–H groups in total. The van der Waals surface area contributed by atoms with E-state index < -0.39 is 8.32 Å². The molecule has 162 valence electrons. The van der Waals surface area contributed by atoms with Crippen LogP contribution in [0, 0.1) is 0 Å². The first-order valence-electron chi connectivity index (χ1n) is 10.9. The van der Waals surface area contributed by atoms with Crippen LogP contribution in [0.4, 0.5) is 0 Å². The SMILES string of the molecule is C=C(C)[C@@H](CC[C@@]1(C)O[C@@H]1CO)O[Si](c1ccccc1)(c1ccccc1)C(C)(C)C. The Kier molecular flexibility index (Phi) is 6.73. The molecule has 0 aliphatic carbocycles. The standard InChI is InChI=1S/C26H36O3Si/c1-20(2)23(17-18-26(6)24(19-27)28-26)29-30(25(3,4)5,21-13-9-7-10-14-21)22-15-11-8-12-16-22/h7-16,23-24,27H,1,17-19H2,2-6H3/t23-,24-,26-/m1/s1. The summed E-state index contributed by atoms with van der Waals surface area (Å²) in [4.78, 5) is 0. The van der Waals surface area contributed by atoms with Crippen LogP contribution in [0.15, 0.2) is 72.8 Å². The van der Waals surface area contributed by atoms with Gasteiger partial charge in [-0.05, 0) is 42.1 Å². The molecule has 2 aromatic carbocycles. The molecule has 3 nitrogen and oxygen atoms in total. The monoisotopic (exact) mass is 424 g/mol. The normalized spacial score (nSPS) is 22.5. The molecule has 1 heterocycles. The predicted octanol–water partition coefficient (Wildman–Crippen LogP) is 4.44. The smallest absolute Gasteiger partial charge is 0.261 e. The van der Waals surface area contributed by atoms with Crippen molar-refractivity contribution in [3.05, 3.63) is 72.8 Å². The summed E-state index contributed by atoms with van der Waals surface area (Å²) < 4.78 is 13.0. The quantitative estimate of drug-likeness (QED) is 0.368. The molecule has 0 aromatic heterocycles. The van der Waals surface area contributed by atoms with E-state index in [1.165, 1.54) is 10.4 Å². The van der Waals surface area contributed by atoms with Crippen molar-refractivity contribution >= 4 is 18.7 Å². The van der Waals surface area contributed by atoms with Crippen LogP contribution in [0.2, 0.25) is 5.04 Å². The fourth-order valence-corrected chi connectivity index (χ4v) is 9.23. The van der Waals surface area contributed by atoms with Crippen LogP contribution in [0.3, 0.4) is 0 Å². The number of ether oxygens (including phenoxy) is 1. The van der Waals surface area contributed by atoms with Crippen molar-refractivity contribution in [2.75, 3.05) is 6.61 Å². The van der Waals surface area contributed by atoms with E-state index in [1.54, 1.807) is 0 Å². The largest absolute Gasteiger partial charge is 0.401 e. The van der Waals surface area contributed by atoms with E-state index in [9.17, 15) is 5.11 Å². The molecule has 1 saturated heterocycles. The summed E-state index contributed by atoms with van der Waals surface area (Å²) in [5.41, 5.74) is 0.782. The third-order valence-electron chi connectivity index (χ3n) is 6.39. The van der Waals surface area contributed by atoms with Gasteiger partial charge >= 0.3 is 0 Å². The Hall–Kier alpha value is -1.72. The van der Waals surface area contributed by atoms with Crippen molar-refractivity contribution in [3.8, 4) is 0 Å². The van der Waals surface area contributed by atoms with E-state index in [1.807, 2.05) is 0 Å². The molecule has 3 rings (SSSR count). The van der Waals surface area contributed by atoms with E-state index in [4.69, 9.17) is 9.16 Å². The van der Waals surface area contributed by atoms with Crippen LogP contribution >= 0.6 is 0 Å². The van der Waals surface area contributed by atoms with Gasteiger partial charge in [0.15, 0.2) is 0 Å². The lowest BCUT2D eigenvalue weighted by molar-refractivity contribution is 0.189. The number of aliphatic hydroxyl groups excluding tert-OH is 1. The van der Waals surface area contributed by atoms with Gasteiger partial charge in [-0.2, -0.15) is 0 Å². The highest BCUT2D eigenvalue weighted by Crippen LogP contribution is 2.42. The van der Waals surface area contributed by atoms with Crippen molar-refractivity contribution in [1.82, 2.24) is 0 Å². The van der Waals surface area contributed by atoms with Gasteiger partial charge in [-0.25, -0.2) is 0 Å². The Morgan fingerprint density at radius 1 is 1.10 bits per heavy atom. The lowest BCUT2D eigenvalue weighted by atomic mass is 9.97. The first-order chi connectivity index (χ1) is 14.1. The maximum Gasteiger partial charge on any atom is 0.261 e. The first kappa shape index (κ1) is 23.0. The molecule has 0 radical (unpaired) electrons. The maximum absolute atomic E-state index is 9.44. The Bertz CT molecular complexity index is 804. The Balaban J connectivity index is 2.01. The molecular weight excluding hydrogens is 388 g/mol. The van der Waals surface area contributed by atoms with Gasteiger partial charge in [0.25, 0.3) is 8.32 Å². The molecule has 0 amide bonds. The van der Waals surface area contributed by atoms with Crippen molar-refractivity contribution < 1.29 is 14.3 Å². The summed E-state index contributed by atoms with van der Waals surface area (Å²) >= 11 is 0. The Morgan fingerprint density at radius 3 is 1.97 bits per heavy atom. The summed E-state index contributed by atoms with van der Waals surface area (Å²) in [7, 11) is -2.63. The third kappa shape index (κ3) is 4.47. The summed E-state index contributed by atoms with van der Waals surface area (Å²) in [5.74, 6) is 0. The molecule has 0 unspecified atom stereocenters. The third-order valence-corrected chi connectivity index (χ3v) is 11.4. The number of epoxide rings is 1.